The Bertz CT molecular complexity index is 918. The molecule has 152 valence electrons. The zero-order chi connectivity index (χ0) is 21.4. The molecule has 0 unspecified atom stereocenters. The highest BCUT2D eigenvalue weighted by Crippen LogP contribution is 2.22. The zero-order valence-corrected chi connectivity index (χ0v) is 16.6. The second-order valence-corrected chi connectivity index (χ2v) is 6.57. The number of halogens is 2. The molecule has 2 aromatic rings. The number of ether oxygens (including phenoxy) is 1. The fourth-order valence-corrected chi connectivity index (χ4v) is 2.43. The molecule has 0 radical (unpaired) electrons. The van der Waals surface area contributed by atoms with Crippen molar-refractivity contribution in [2.75, 3.05) is 5.32 Å². The van der Waals surface area contributed by atoms with Gasteiger partial charge < -0.3 is 15.4 Å². The van der Waals surface area contributed by atoms with E-state index in [1.165, 1.54) is 26.0 Å². The molecule has 0 fully saturated rings. The molecule has 0 heterocycles. The van der Waals surface area contributed by atoms with Crippen molar-refractivity contribution in [2.45, 2.75) is 26.0 Å². The summed E-state index contributed by atoms with van der Waals surface area (Å²) < 4.78 is 18.1. The minimum atomic E-state index is -1.15. The zero-order valence-electron chi connectivity index (χ0n) is 15.8. The summed E-state index contributed by atoms with van der Waals surface area (Å²) >= 11 is 5.85. The summed E-state index contributed by atoms with van der Waals surface area (Å²) in [5.41, 5.74) is 1.02. The minimum absolute atomic E-state index is 0.0164. The summed E-state index contributed by atoms with van der Waals surface area (Å²) in [5, 5.41) is 4.93. The van der Waals surface area contributed by atoms with E-state index in [0.29, 0.717) is 0 Å². The molecule has 2 aromatic carbocycles. The predicted octanol–water partition coefficient (Wildman–Crippen LogP) is 3.57. The fraction of sp³-hybridized carbons (Fsp3) is 0.190. The van der Waals surface area contributed by atoms with Crippen LogP contribution < -0.4 is 10.6 Å². The van der Waals surface area contributed by atoms with Gasteiger partial charge in [0.15, 0.2) is 6.10 Å². The van der Waals surface area contributed by atoms with Gasteiger partial charge in [0.1, 0.15) is 11.9 Å². The van der Waals surface area contributed by atoms with Crippen LogP contribution >= 0.6 is 11.6 Å². The second-order valence-electron chi connectivity index (χ2n) is 6.17. The van der Waals surface area contributed by atoms with Crippen LogP contribution in [0.2, 0.25) is 5.02 Å². The Morgan fingerprint density at radius 2 is 1.79 bits per heavy atom. The number of hydrogen-bond donors (Lipinski definition) is 2. The Kier molecular flexibility index (Phi) is 7.91. The van der Waals surface area contributed by atoms with Gasteiger partial charge in [0, 0.05) is 6.08 Å². The fourth-order valence-electron chi connectivity index (χ4n) is 2.21. The molecule has 0 aromatic heterocycles. The maximum Gasteiger partial charge on any atom is 0.329 e. The smallest absolute Gasteiger partial charge is 0.329 e. The average Bonchev–Trinajstić information content (AvgIpc) is 2.69. The molecule has 29 heavy (non-hydrogen) atoms. The Hall–Kier alpha value is -3.19. The minimum Gasteiger partial charge on any atom is -0.451 e. The molecule has 0 aliphatic carbocycles. The summed E-state index contributed by atoms with van der Waals surface area (Å²) in [4.78, 5) is 36.2. The molecule has 6 nitrogen and oxygen atoms in total. The van der Waals surface area contributed by atoms with Crippen LogP contribution in [-0.4, -0.2) is 29.9 Å². The van der Waals surface area contributed by atoms with E-state index in [9.17, 15) is 18.8 Å². The lowest BCUT2D eigenvalue weighted by molar-refractivity contribution is -0.155. The highest BCUT2D eigenvalue weighted by Gasteiger charge is 2.23. The largest absolute Gasteiger partial charge is 0.451 e. The van der Waals surface area contributed by atoms with Crippen LogP contribution in [0.25, 0.3) is 6.08 Å². The molecular weight excluding hydrogens is 399 g/mol. The first kappa shape index (κ1) is 22.1. The van der Waals surface area contributed by atoms with Crippen molar-refractivity contribution in [3.63, 3.8) is 0 Å². The standard InChI is InChI=1S/C21H20ClFN2O4/c1-13(24-19(26)11-8-15-6-4-3-5-7-15)21(28)29-14(2)20(27)25-18-10-9-16(23)12-17(18)22/h3-14H,1-2H3,(H,24,26)(H,25,27)/b11-8+/t13-,14-/m0/s1. The molecule has 0 bridgehead atoms. The van der Waals surface area contributed by atoms with Gasteiger partial charge in [0.05, 0.1) is 10.7 Å². The number of carbonyl (C=O) groups excluding carboxylic acids is 3. The van der Waals surface area contributed by atoms with Crippen LogP contribution in [0.3, 0.4) is 0 Å². The summed E-state index contributed by atoms with van der Waals surface area (Å²) in [7, 11) is 0. The van der Waals surface area contributed by atoms with Crippen molar-refractivity contribution in [3.05, 3.63) is 71.0 Å². The van der Waals surface area contributed by atoms with Gasteiger partial charge in [-0.05, 0) is 43.7 Å². The van der Waals surface area contributed by atoms with Crippen LogP contribution in [0.15, 0.2) is 54.6 Å². The van der Waals surface area contributed by atoms with Crippen LogP contribution in [0.4, 0.5) is 10.1 Å². The van der Waals surface area contributed by atoms with Crippen molar-refractivity contribution in [1.82, 2.24) is 5.32 Å². The van der Waals surface area contributed by atoms with E-state index in [1.807, 2.05) is 30.3 Å². The van der Waals surface area contributed by atoms with E-state index in [2.05, 4.69) is 10.6 Å². The van der Waals surface area contributed by atoms with E-state index < -0.39 is 35.7 Å². The SMILES string of the molecule is C[C@H](NC(=O)/C=C/c1ccccc1)C(=O)O[C@@H](C)C(=O)Nc1ccc(F)cc1Cl. The maximum absolute atomic E-state index is 13.1. The van der Waals surface area contributed by atoms with Gasteiger partial charge in [-0.25, -0.2) is 9.18 Å². The molecule has 8 heteroatoms. The van der Waals surface area contributed by atoms with Crippen LogP contribution in [0, 0.1) is 5.82 Å². The number of carbonyl (C=O) groups is 3. The third-order valence-corrected chi connectivity index (χ3v) is 4.10. The van der Waals surface area contributed by atoms with Gasteiger partial charge in [-0.15, -0.1) is 0 Å². The summed E-state index contributed by atoms with van der Waals surface area (Å²) in [6, 6.07) is 11.7. The van der Waals surface area contributed by atoms with Crippen LogP contribution in [0.5, 0.6) is 0 Å². The number of amides is 2. The molecular formula is C21H20ClFN2O4. The van der Waals surface area contributed by atoms with E-state index in [1.54, 1.807) is 6.08 Å². The summed E-state index contributed by atoms with van der Waals surface area (Å²) in [6.07, 6.45) is 1.75. The van der Waals surface area contributed by atoms with Gasteiger partial charge in [0.2, 0.25) is 5.91 Å². The van der Waals surface area contributed by atoms with E-state index in [-0.39, 0.29) is 10.7 Å². The maximum atomic E-state index is 13.1. The molecule has 0 aliphatic heterocycles. The number of benzene rings is 2. The normalized spacial score (nSPS) is 12.8. The number of hydrogen-bond acceptors (Lipinski definition) is 4. The van der Waals surface area contributed by atoms with Crippen molar-refractivity contribution < 1.29 is 23.5 Å². The second kappa shape index (κ2) is 10.4. The van der Waals surface area contributed by atoms with Crippen molar-refractivity contribution in [3.8, 4) is 0 Å². The lowest BCUT2D eigenvalue weighted by Crippen LogP contribution is -2.41. The number of rotatable bonds is 7. The van der Waals surface area contributed by atoms with E-state index in [4.69, 9.17) is 16.3 Å². The summed E-state index contributed by atoms with van der Waals surface area (Å²) in [6.45, 7) is 2.81. The summed E-state index contributed by atoms with van der Waals surface area (Å²) in [5.74, 6) is -2.44. The van der Waals surface area contributed by atoms with Gasteiger partial charge in [0.25, 0.3) is 5.91 Å². The Morgan fingerprint density at radius 3 is 2.45 bits per heavy atom. The van der Waals surface area contributed by atoms with Crippen molar-refractivity contribution >= 4 is 41.1 Å². The monoisotopic (exact) mass is 418 g/mol. The molecule has 2 rings (SSSR count). The Balaban J connectivity index is 1.85. The quantitative estimate of drug-likeness (QED) is 0.531. The van der Waals surface area contributed by atoms with Gasteiger partial charge in [-0.2, -0.15) is 0 Å². The molecule has 0 spiro atoms. The molecule has 2 amide bonds. The third-order valence-electron chi connectivity index (χ3n) is 3.79. The molecule has 0 saturated heterocycles. The predicted molar refractivity (Wildman–Crippen MR) is 109 cm³/mol. The van der Waals surface area contributed by atoms with Crippen molar-refractivity contribution in [1.29, 1.82) is 0 Å². The lowest BCUT2D eigenvalue weighted by Gasteiger charge is -2.17. The first-order valence-electron chi connectivity index (χ1n) is 8.76. The third kappa shape index (κ3) is 7.04. The molecule has 0 aliphatic rings. The highest BCUT2D eigenvalue weighted by atomic mass is 35.5. The van der Waals surface area contributed by atoms with Crippen LogP contribution in [0.1, 0.15) is 19.4 Å². The van der Waals surface area contributed by atoms with E-state index >= 15 is 0 Å². The molecule has 2 atom stereocenters. The lowest BCUT2D eigenvalue weighted by atomic mass is 10.2. The highest BCUT2D eigenvalue weighted by molar-refractivity contribution is 6.33. The van der Waals surface area contributed by atoms with Gasteiger partial charge in [-0.1, -0.05) is 41.9 Å². The molecule has 0 saturated carbocycles. The topological polar surface area (TPSA) is 84.5 Å². The van der Waals surface area contributed by atoms with Gasteiger partial charge in [-0.3, -0.25) is 9.59 Å². The Labute approximate surface area is 172 Å². The first-order chi connectivity index (χ1) is 13.8. The van der Waals surface area contributed by atoms with E-state index in [0.717, 1.165) is 17.7 Å². The molecule has 2 N–H and O–H groups in total. The van der Waals surface area contributed by atoms with Gasteiger partial charge >= 0.3 is 5.97 Å². The van der Waals surface area contributed by atoms with Crippen molar-refractivity contribution in [2.24, 2.45) is 0 Å². The Morgan fingerprint density at radius 1 is 1.10 bits per heavy atom. The average molecular weight is 419 g/mol. The number of esters is 1. The first-order valence-corrected chi connectivity index (χ1v) is 9.14. The number of nitrogens with one attached hydrogen (secondary N) is 2. The van der Waals surface area contributed by atoms with Crippen LogP contribution in [-0.2, 0) is 19.1 Å². The number of anilines is 1.